The van der Waals surface area contributed by atoms with Crippen LogP contribution in [-0.4, -0.2) is 5.33 Å². The summed E-state index contributed by atoms with van der Waals surface area (Å²) >= 11 is 3.50. The molecule has 0 bridgehead atoms. The molecule has 0 aliphatic heterocycles. The zero-order valence-corrected chi connectivity index (χ0v) is 10.9. The molecule has 0 radical (unpaired) electrons. The predicted molar refractivity (Wildman–Crippen MR) is 66.8 cm³/mol. The van der Waals surface area contributed by atoms with Gasteiger partial charge < -0.3 is 0 Å². The largest absolute Gasteiger partial charge is 0.207 e. The Bertz CT molecular complexity index is 296. The zero-order chi connectivity index (χ0) is 11.3. The van der Waals surface area contributed by atoms with Crippen molar-refractivity contribution in [3.63, 3.8) is 0 Å². The molecule has 15 heavy (non-hydrogen) atoms. The topological polar surface area (TPSA) is 0 Å². The summed E-state index contributed by atoms with van der Waals surface area (Å²) in [6.07, 6.45) is 1.97. The van der Waals surface area contributed by atoms with Crippen molar-refractivity contribution < 1.29 is 4.39 Å². The summed E-state index contributed by atoms with van der Waals surface area (Å²) in [5.74, 6) is 1.12. The van der Waals surface area contributed by atoms with E-state index in [0.717, 1.165) is 23.7 Å². The van der Waals surface area contributed by atoms with Crippen LogP contribution in [0.3, 0.4) is 0 Å². The van der Waals surface area contributed by atoms with Gasteiger partial charge in [0.15, 0.2) is 0 Å². The first-order valence-corrected chi connectivity index (χ1v) is 6.55. The van der Waals surface area contributed by atoms with Gasteiger partial charge in [0.2, 0.25) is 0 Å². The molecule has 0 aliphatic rings. The Hall–Kier alpha value is -0.370. The number of alkyl halides is 1. The second-order valence-corrected chi connectivity index (χ2v) is 5.09. The Balaban J connectivity index is 2.62. The lowest BCUT2D eigenvalue weighted by molar-refractivity contribution is 0.438. The highest BCUT2D eigenvalue weighted by Gasteiger charge is 2.12. The minimum absolute atomic E-state index is 0.0767. The van der Waals surface area contributed by atoms with Crippen molar-refractivity contribution in [2.75, 3.05) is 5.33 Å². The van der Waals surface area contributed by atoms with Gasteiger partial charge in [0.05, 0.1) is 0 Å². The molecule has 0 fully saturated rings. The van der Waals surface area contributed by atoms with E-state index in [4.69, 9.17) is 0 Å². The molecule has 0 spiro atoms. The van der Waals surface area contributed by atoms with Gasteiger partial charge >= 0.3 is 0 Å². The van der Waals surface area contributed by atoms with Crippen LogP contribution in [0.4, 0.5) is 4.39 Å². The first-order valence-electron chi connectivity index (χ1n) is 5.42. The van der Waals surface area contributed by atoms with Gasteiger partial charge in [0.25, 0.3) is 0 Å². The fourth-order valence-electron chi connectivity index (χ4n) is 1.84. The molecule has 0 aromatic heterocycles. The van der Waals surface area contributed by atoms with Gasteiger partial charge in [-0.15, -0.1) is 0 Å². The standard InChI is InChI=1S/C13H18BrF/c1-10(2)7-11(9-14)8-12-5-3-4-6-13(12)15/h3-6,10-11H,7-9H2,1-2H3. The maximum Gasteiger partial charge on any atom is 0.126 e. The van der Waals surface area contributed by atoms with E-state index in [1.54, 1.807) is 6.07 Å². The van der Waals surface area contributed by atoms with Crippen LogP contribution in [0.25, 0.3) is 0 Å². The van der Waals surface area contributed by atoms with E-state index in [1.807, 2.05) is 12.1 Å². The Morgan fingerprint density at radius 3 is 2.47 bits per heavy atom. The number of benzene rings is 1. The number of hydrogen-bond donors (Lipinski definition) is 0. The van der Waals surface area contributed by atoms with E-state index < -0.39 is 0 Å². The van der Waals surface area contributed by atoms with E-state index in [2.05, 4.69) is 29.8 Å². The molecule has 0 saturated carbocycles. The first kappa shape index (κ1) is 12.7. The molecule has 2 heteroatoms. The summed E-state index contributed by atoms with van der Waals surface area (Å²) in [5, 5.41) is 0.944. The average molecular weight is 273 g/mol. The molecule has 0 heterocycles. The molecule has 1 rings (SSSR count). The van der Waals surface area contributed by atoms with Crippen molar-refractivity contribution in [2.45, 2.75) is 26.7 Å². The lowest BCUT2D eigenvalue weighted by Gasteiger charge is -2.16. The fraction of sp³-hybridized carbons (Fsp3) is 0.538. The summed E-state index contributed by atoms with van der Waals surface area (Å²) < 4.78 is 13.4. The second-order valence-electron chi connectivity index (χ2n) is 4.45. The molecule has 0 amide bonds. The van der Waals surface area contributed by atoms with Crippen LogP contribution in [0.15, 0.2) is 24.3 Å². The molecule has 1 aromatic carbocycles. The van der Waals surface area contributed by atoms with Crippen molar-refractivity contribution >= 4 is 15.9 Å². The molecule has 1 atom stereocenters. The maximum atomic E-state index is 13.4. The molecule has 84 valence electrons. The van der Waals surface area contributed by atoms with Crippen LogP contribution >= 0.6 is 15.9 Å². The highest BCUT2D eigenvalue weighted by atomic mass is 79.9. The number of hydrogen-bond acceptors (Lipinski definition) is 0. The van der Waals surface area contributed by atoms with Gasteiger partial charge in [-0.2, -0.15) is 0 Å². The molecule has 1 unspecified atom stereocenters. The van der Waals surface area contributed by atoms with Crippen LogP contribution in [0.1, 0.15) is 25.8 Å². The SMILES string of the molecule is CC(C)CC(CBr)Cc1ccccc1F. The third kappa shape index (κ3) is 4.33. The minimum atomic E-state index is -0.0767. The van der Waals surface area contributed by atoms with Crippen molar-refractivity contribution in [1.82, 2.24) is 0 Å². The summed E-state index contributed by atoms with van der Waals surface area (Å²) in [7, 11) is 0. The van der Waals surface area contributed by atoms with Crippen molar-refractivity contribution in [3.8, 4) is 0 Å². The normalized spacial score (nSPS) is 13.1. The molecule has 0 aliphatic carbocycles. The second kappa shape index (κ2) is 6.26. The third-order valence-electron chi connectivity index (χ3n) is 2.49. The lowest BCUT2D eigenvalue weighted by atomic mass is 9.92. The van der Waals surface area contributed by atoms with Gasteiger partial charge in [0, 0.05) is 5.33 Å². The Morgan fingerprint density at radius 1 is 1.27 bits per heavy atom. The van der Waals surface area contributed by atoms with Crippen LogP contribution in [0.2, 0.25) is 0 Å². The molecular formula is C13H18BrF. The first-order chi connectivity index (χ1) is 7.13. The van der Waals surface area contributed by atoms with Gasteiger partial charge in [-0.05, 0) is 36.3 Å². The van der Waals surface area contributed by atoms with Gasteiger partial charge in [-0.1, -0.05) is 48.0 Å². The van der Waals surface area contributed by atoms with Crippen LogP contribution in [-0.2, 0) is 6.42 Å². The van der Waals surface area contributed by atoms with E-state index in [0.29, 0.717) is 11.8 Å². The van der Waals surface area contributed by atoms with Crippen molar-refractivity contribution in [1.29, 1.82) is 0 Å². The summed E-state index contributed by atoms with van der Waals surface area (Å²) in [6, 6.07) is 7.06. The predicted octanol–water partition coefficient (Wildman–Crippen LogP) is 4.43. The Morgan fingerprint density at radius 2 is 1.93 bits per heavy atom. The quantitative estimate of drug-likeness (QED) is 0.696. The highest BCUT2D eigenvalue weighted by Crippen LogP contribution is 2.20. The van der Waals surface area contributed by atoms with Gasteiger partial charge in [-0.25, -0.2) is 4.39 Å². The smallest absolute Gasteiger partial charge is 0.126 e. The summed E-state index contributed by atoms with van der Waals surface area (Å²) in [6.45, 7) is 4.41. The van der Waals surface area contributed by atoms with Gasteiger partial charge in [0.1, 0.15) is 5.82 Å². The molecular weight excluding hydrogens is 255 g/mol. The third-order valence-corrected chi connectivity index (χ3v) is 3.41. The Labute approximate surface area is 100 Å². The summed E-state index contributed by atoms with van der Waals surface area (Å²) in [4.78, 5) is 0. The average Bonchev–Trinajstić information content (AvgIpc) is 2.19. The van der Waals surface area contributed by atoms with Crippen molar-refractivity contribution in [3.05, 3.63) is 35.6 Å². The van der Waals surface area contributed by atoms with Crippen molar-refractivity contribution in [2.24, 2.45) is 11.8 Å². The molecule has 0 N–H and O–H groups in total. The Kier molecular flexibility index (Phi) is 5.30. The van der Waals surface area contributed by atoms with E-state index in [9.17, 15) is 4.39 Å². The van der Waals surface area contributed by atoms with Crippen LogP contribution in [0.5, 0.6) is 0 Å². The molecule has 1 aromatic rings. The van der Waals surface area contributed by atoms with Crippen LogP contribution in [0, 0.1) is 17.7 Å². The van der Waals surface area contributed by atoms with E-state index >= 15 is 0 Å². The maximum absolute atomic E-state index is 13.4. The monoisotopic (exact) mass is 272 g/mol. The van der Waals surface area contributed by atoms with Gasteiger partial charge in [-0.3, -0.25) is 0 Å². The van der Waals surface area contributed by atoms with E-state index in [1.165, 1.54) is 6.07 Å². The van der Waals surface area contributed by atoms with E-state index in [-0.39, 0.29) is 5.82 Å². The number of rotatable bonds is 5. The molecule has 0 saturated heterocycles. The lowest BCUT2D eigenvalue weighted by Crippen LogP contribution is -2.10. The number of halogens is 2. The minimum Gasteiger partial charge on any atom is -0.207 e. The summed E-state index contributed by atoms with van der Waals surface area (Å²) in [5.41, 5.74) is 0.836. The fourth-order valence-corrected chi connectivity index (χ4v) is 2.34. The van der Waals surface area contributed by atoms with Crippen LogP contribution < -0.4 is 0 Å². The zero-order valence-electron chi connectivity index (χ0n) is 9.34. The molecule has 0 nitrogen and oxygen atoms in total. The highest BCUT2D eigenvalue weighted by molar-refractivity contribution is 9.09.